The third kappa shape index (κ3) is 3.23. The van der Waals surface area contributed by atoms with Crippen LogP contribution in [0.25, 0.3) is 6.20 Å². The minimum absolute atomic E-state index is 0.0403. The van der Waals surface area contributed by atoms with Gasteiger partial charge in [0.15, 0.2) is 5.75 Å². The first-order chi connectivity index (χ1) is 10.5. The summed E-state index contributed by atoms with van der Waals surface area (Å²) < 4.78 is 5.15. The first-order valence-electron chi connectivity index (χ1n) is 6.19. The van der Waals surface area contributed by atoms with Gasteiger partial charge in [-0.2, -0.15) is 0 Å². The summed E-state index contributed by atoms with van der Waals surface area (Å²) in [5, 5.41) is 24.3. The average Bonchev–Trinajstić information content (AvgIpc) is 2.95. The van der Waals surface area contributed by atoms with E-state index in [2.05, 4.69) is 27.3 Å². The highest BCUT2D eigenvalue weighted by atomic mass is 16.6. The molecule has 10 nitrogen and oxygen atoms in total. The van der Waals surface area contributed by atoms with Crippen LogP contribution in [-0.4, -0.2) is 37.6 Å². The van der Waals surface area contributed by atoms with Gasteiger partial charge in [-0.15, -0.1) is 9.90 Å². The Morgan fingerprint density at radius 3 is 2.95 bits per heavy atom. The Morgan fingerprint density at radius 1 is 1.59 bits per heavy atom. The summed E-state index contributed by atoms with van der Waals surface area (Å²) in [6.07, 6.45) is 1.30. The van der Waals surface area contributed by atoms with Crippen molar-refractivity contribution in [3.63, 3.8) is 0 Å². The Kier molecular flexibility index (Phi) is 4.41. The lowest BCUT2D eigenvalue weighted by atomic mass is 10.1. The topological polar surface area (TPSA) is 125 Å². The van der Waals surface area contributed by atoms with Gasteiger partial charge in [-0.25, -0.2) is 0 Å². The van der Waals surface area contributed by atoms with Crippen LogP contribution in [0.4, 0.5) is 11.6 Å². The van der Waals surface area contributed by atoms with Gasteiger partial charge >= 0.3 is 5.69 Å². The van der Waals surface area contributed by atoms with E-state index in [-0.39, 0.29) is 29.6 Å². The molecule has 2 rings (SSSR count). The van der Waals surface area contributed by atoms with Crippen molar-refractivity contribution < 1.29 is 14.5 Å². The Bertz CT molecular complexity index is 726. The fraction of sp³-hybridized carbons (Fsp3) is 0.167. The molecule has 0 aliphatic carbocycles. The molecule has 0 saturated heterocycles. The summed E-state index contributed by atoms with van der Waals surface area (Å²) in [7, 11) is 0. The molecule has 1 aromatic heterocycles. The zero-order chi connectivity index (χ0) is 16.1. The number of ether oxygens (including phenoxy) is 1. The van der Waals surface area contributed by atoms with Gasteiger partial charge in [-0.1, -0.05) is 11.7 Å². The number of nitrogens with one attached hydrogen (secondary N) is 1. The quantitative estimate of drug-likeness (QED) is 0.630. The lowest BCUT2D eigenvalue weighted by Gasteiger charge is -2.06. The number of tetrazole rings is 1. The van der Waals surface area contributed by atoms with Crippen molar-refractivity contribution in [2.45, 2.75) is 6.92 Å². The lowest BCUT2D eigenvalue weighted by molar-refractivity contribution is -0.385. The van der Waals surface area contributed by atoms with E-state index in [4.69, 9.17) is 4.74 Å². The Balaban J connectivity index is 2.23. The molecule has 0 aliphatic heterocycles. The molecular weight excluding hydrogens is 292 g/mol. The maximum Gasteiger partial charge on any atom is 0.311 e. The van der Waals surface area contributed by atoms with Gasteiger partial charge in [-0.3, -0.25) is 20.2 Å². The van der Waals surface area contributed by atoms with Gasteiger partial charge in [0, 0.05) is 17.8 Å². The van der Waals surface area contributed by atoms with E-state index in [0.29, 0.717) is 0 Å². The number of amides is 1. The molecule has 0 aliphatic rings. The molecule has 0 spiro atoms. The maximum atomic E-state index is 12.0. The first kappa shape index (κ1) is 15.1. The van der Waals surface area contributed by atoms with Crippen LogP contribution in [0.2, 0.25) is 0 Å². The fourth-order valence-electron chi connectivity index (χ4n) is 1.61. The fourth-order valence-corrected chi connectivity index (χ4v) is 1.61. The number of hydrogen-bond donors (Lipinski definition) is 1. The largest absolute Gasteiger partial charge is 0.487 e. The van der Waals surface area contributed by atoms with Crippen LogP contribution < -0.4 is 10.1 Å². The van der Waals surface area contributed by atoms with Gasteiger partial charge in [0.2, 0.25) is 0 Å². The minimum atomic E-state index is -0.617. The maximum absolute atomic E-state index is 12.0. The normalized spacial score (nSPS) is 10.0. The number of rotatable bonds is 6. The second-order valence-electron chi connectivity index (χ2n) is 3.94. The minimum Gasteiger partial charge on any atom is -0.487 e. The highest BCUT2D eigenvalue weighted by Gasteiger charge is 2.19. The van der Waals surface area contributed by atoms with E-state index in [9.17, 15) is 14.9 Å². The standard InChI is InChI=1S/C12H12N6O4/c1-3-17-15-12(14-16-17)13-11(19)8-5-6-10(22-4-2)9(7-8)18(20)21/h3,5-7H,1,4H2,2H3,(H,13,15,19). The molecule has 0 fully saturated rings. The molecular formula is C12H12N6O4. The Morgan fingerprint density at radius 2 is 2.36 bits per heavy atom. The molecule has 0 unspecified atom stereocenters. The van der Waals surface area contributed by atoms with Gasteiger partial charge in [0.1, 0.15) is 0 Å². The van der Waals surface area contributed by atoms with Crippen molar-refractivity contribution in [3.05, 3.63) is 40.5 Å². The van der Waals surface area contributed by atoms with Crippen LogP contribution in [0.1, 0.15) is 17.3 Å². The smallest absolute Gasteiger partial charge is 0.311 e. The van der Waals surface area contributed by atoms with Crippen molar-refractivity contribution >= 4 is 23.7 Å². The highest BCUT2D eigenvalue weighted by molar-refractivity contribution is 6.03. The average molecular weight is 304 g/mol. The van der Waals surface area contributed by atoms with E-state index in [1.165, 1.54) is 18.3 Å². The summed E-state index contributed by atoms with van der Waals surface area (Å²) in [5.41, 5.74) is -0.220. The molecule has 1 N–H and O–H groups in total. The predicted octanol–water partition coefficient (Wildman–Crippen LogP) is 1.33. The van der Waals surface area contributed by atoms with Gasteiger partial charge in [0.25, 0.3) is 11.9 Å². The number of carbonyl (C=O) groups excluding carboxylic acids is 1. The molecule has 22 heavy (non-hydrogen) atoms. The number of anilines is 1. The highest BCUT2D eigenvalue weighted by Crippen LogP contribution is 2.28. The summed E-state index contributed by atoms with van der Waals surface area (Å²) >= 11 is 0. The van der Waals surface area contributed by atoms with E-state index in [0.717, 1.165) is 10.9 Å². The SMILES string of the molecule is C=Cn1nnc(NC(=O)c2ccc(OCC)c([N+](=O)[O-])c2)n1. The molecule has 1 amide bonds. The third-order valence-electron chi connectivity index (χ3n) is 2.53. The van der Waals surface area contributed by atoms with Crippen LogP contribution in [0, 0.1) is 10.1 Å². The molecule has 0 atom stereocenters. The van der Waals surface area contributed by atoms with Crippen molar-refractivity contribution in [3.8, 4) is 5.75 Å². The summed E-state index contributed by atoms with van der Waals surface area (Å²) in [6, 6.07) is 3.90. The van der Waals surface area contributed by atoms with Crippen LogP contribution in [0.5, 0.6) is 5.75 Å². The summed E-state index contributed by atoms with van der Waals surface area (Å²) in [4.78, 5) is 23.5. The first-order valence-corrected chi connectivity index (χ1v) is 6.19. The number of benzene rings is 1. The monoisotopic (exact) mass is 304 g/mol. The molecule has 0 radical (unpaired) electrons. The molecule has 1 aromatic carbocycles. The molecule has 114 valence electrons. The van der Waals surface area contributed by atoms with Crippen molar-refractivity contribution in [1.29, 1.82) is 0 Å². The Hall–Kier alpha value is -3.30. The molecule has 0 saturated carbocycles. The predicted molar refractivity (Wildman–Crippen MR) is 76.4 cm³/mol. The molecule has 10 heteroatoms. The van der Waals surface area contributed by atoms with Gasteiger partial charge in [-0.05, 0) is 24.3 Å². The van der Waals surface area contributed by atoms with Crippen LogP contribution in [0.15, 0.2) is 24.8 Å². The number of aromatic nitrogens is 4. The number of carbonyl (C=O) groups is 1. The van der Waals surface area contributed by atoms with E-state index < -0.39 is 10.8 Å². The molecule has 2 aromatic rings. The third-order valence-corrected chi connectivity index (χ3v) is 2.53. The lowest BCUT2D eigenvalue weighted by Crippen LogP contribution is -2.13. The number of hydrogen-bond acceptors (Lipinski definition) is 7. The molecule has 1 heterocycles. The molecule has 0 bridgehead atoms. The zero-order valence-corrected chi connectivity index (χ0v) is 11.6. The van der Waals surface area contributed by atoms with E-state index >= 15 is 0 Å². The Labute approximate surface area is 124 Å². The number of nitro benzene ring substituents is 1. The number of nitro groups is 1. The second-order valence-corrected chi connectivity index (χ2v) is 3.94. The van der Waals surface area contributed by atoms with Crippen LogP contribution in [0.3, 0.4) is 0 Å². The second kappa shape index (κ2) is 6.43. The van der Waals surface area contributed by atoms with Crippen molar-refractivity contribution in [2.24, 2.45) is 0 Å². The summed E-state index contributed by atoms with van der Waals surface area (Å²) in [6.45, 7) is 5.42. The zero-order valence-electron chi connectivity index (χ0n) is 11.6. The van der Waals surface area contributed by atoms with Crippen LogP contribution >= 0.6 is 0 Å². The number of nitrogens with zero attached hydrogens (tertiary/aromatic N) is 5. The van der Waals surface area contributed by atoms with Crippen molar-refractivity contribution in [1.82, 2.24) is 20.2 Å². The van der Waals surface area contributed by atoms with E-state index in [1.54, 1.807) is 6.92 Å². The summed E-state index contributed by atoms with van der Waals surface area (Å²) in [5.74, 6) is -0.545. The van der Waals surface area contributed by atoms with Crippen molar-refractivity contribution in [2.75, 3.05) is 11.9 Å². The van der Waals surface area contributed by atoms with Crippen LogP contribution in [-0.2, 0) is 0 Å². The van der Waals surface area contributed by atoms with Gasteiger partial charge < -0.3 is 4.74 Å². The van der Waals surface area contributed by atoms with E-state index in [1.807, 2.05) is 0 Å². The van der Waals surface area contributed by atoms with Gasteiger partial charge in [0.05, 0.1) is 11.5 Å².